The van der Waals surface area contributed by atoms with Crippen molar-refractivity contribution in [2.45, 2.75) is 45.4 Å². The Morgan fingerprint density at radius 2 is 1.65 bits per heavy atom. The van der Waals surface area contributed by atoms with Crippen molar-refractivity contribution in [1.82, 2.24) is 0 Å². The third-order valence-corrected chi connectivity index (χ3v) is 7.53. The number of rotatable bonds is 10. The first-order valence-corrected chi connectivity index (χ1v) is 13.9. The molecule has 1 heterocycles. The van der Waals surface area contributed by atoms with E-state index in [0.29, 0.717) is 41.5 Å². The molecule has 2 N–H and O–H groups in total. The molecule has 1 aliphatic heterocycles. The maximum absolute atomic E-state index is 6.24. The van der Waals surface area contributed by atoms with Gasteiger partial charge in [-0.2, -0.15) is 0 Å². The molecule has 37 heavy (non-hydrogen) atoms. The van der Waals surface area contributed by atoms with Crippen molar-refractivity contribution < 1.29 is 9.47 Å². The van der Waals surface area contributed by atoms with Crippen molar-refractivity contribution in [3.05, 3.63) is 87.4 Å². The molecule has 4 nitrogen and oxygen atoms in total. The summed E-state index contributed by atoms with van der Waals surface area (Å²) in [5.41, 5.74) is 11.9. The first-order chi connectivity index (χ1) is 17.7. The number of nitrogens with two attached hydrogens (primary N) is 1. The van der Waals surface area contributed by atoms with Crippen molar-refractivity contribution in [3.63, 3.8) is 0 Å². The number of halogens is 2. The lowest BCUT2D eigenvalue weighted by Gasteiger charge is -2.35. The van der Waals surface area contributed by atoms with Crippen molar-refractivity contribution in [3.8, 4) is 11.5 Å². The van der Waals surface area contributed by atoms with Gasteiger partial charge in [0.25, 0.3) is 0 Å². The lowest BCUT2D eigenvalue weighted by atomic mass is 9.84. The predicted molar refractivity (Wildman–Crippen MR) is 156 cm³/mol. The summed E-state index contributed by atoms with van der Waals surface area (Å²) in [6.07, 6.45) is 3.29. The largest absolute Gasteiger partial charge is 0.490 e. The Labute approximate surface area is 231 Å². The van der Waals surface area contributed by atoms with Crippen LogP contribution in [0.2, 0.25) is 10.0 Å². The quantitative estimate of drug-likeness (QED) is 0.273. The van der Waals surface area contributed by atoms with Crippen LogP contribution in [0.3, 0.4) is 0 Å². The smallest absolute Gasteiger partial charge is 0.156 e. The Bertz CT molecular complexity index is 1150. The summed E-state index contributed by atoms with van der Waals surface area (Å²) in [7, 11) is 0. The monoisotopic (exact) mass is 540 g/mol. The predicted octanol–water partition coefficient (Wildman–Crippen LogP) is 7.32. The average molecular weight is 542 g/mol. The van der Waals surface area contributed by atoms with Gasteiger partial charge >= 0.3 is 0 Å². The van der Waals surface area contributed by atoms with E-state index < -0.39 is 0 Å². The van der Waals surface area contributed by atoms with E-state index in [1.165, 1.54) is 28.8 Å². The minimum atomic E-state index is 0.170. The van der Waals surface area contributed by atoms with Crippen LogP contribution in [-0.2, 0) is 18.3 Å². The third kappa shape index (κ3) is 7.34. The van der Waals surface area contributed by atoms with E-state index in [-0.39, 0.29) is 5.41 Å². The average Bonchev–Trinajstić information content (AvgIpc) is 2.87. The van der Waals surface area contributed by atoms with Gasteiger partial charge in [-0.25, -0.2) is 0 Å². The number of ether oxygens (including phenoxy) is 2. The minimum absolute atomic E-state index is 0.170. The molecule has 0 radical (unpaired) electrons. The fraction of sp³-hybridized carbons (Fsp3) is 0.419. The van der Waals surface area contributed by atoms with Crippen molar-refractivity contribution in [2.24, 2.45) is 11.7 Å². The van der Waals surface area contributed by atoms with Crippen LogP contribution >= 0.6 is 23.2 Å². The van der Waals surface area contributed by atoms with E-state index in [9.17, 15) is 0 Å². The van der Waals surface area contributed by atoms with Gasteiger partial charge in [-0.15, -0.1) is 0 Å². The zero-order valence-electron chi connectivity index (χ0n) is 22.1. The second kappa shape index (κ2) is 12.4. The van der Waals surface area contributed by atoms with Crippen LogP contribution in [-0.4, -0.2) is 32.8 Å². The Morgan fingerprint density at radius 1 is 0.946 bits per heavy atom. The second-order valence-electron chi connectivity index (χ2n) is 10.8. The van der Waals surface area contributed by atoms with Gasteiger partial charge in [0.15, 0.2) is 5.75 Å². The van der Waals surface area contributed by atoms with E-state index in [4.69, 9.17) is 38.4 Å². The molecule has 0 aliphatic carbocycles. The summed E-state index contributed by atoms with van der Waals surface area (Å²) in [6.45, 7) is 10.3. The van der Waals surface area contributed by atoms with Gasteiger partial charge in [0.2, 0.25) is 0 Å². The van der Waals surface area contributed by atoms with Crippen LogP contribution in [0, 0.1) is 5.92 Å². The molecule has 0 aromatic heterocycles. The van der Waals surface area contributed by atoms with Crippen molar-refractivity contribution >= 4 is 28.9 Å². The molecule has 3 aromatic carbocycles. The zero-order chi connectivity index (χ0) is 26.4. The number of aryl methyl sites for hydroxylation is 1. The van der Waals surface area contributed by atoms with Crippen LogP contribution < -0.4 is 20.1 Å². The summed E-state index contributed by atoms with van der Waals surface area (Å²) in [6, 6.07) is 20.6. The number of fused-ring (bicyclic) bond motifs is 1. The maximum Gasteiger partial charge on any atom is 0.156 e. The molecule has 6 heteroatoms. The van der Waals surface area contributed by atoms with Crippen LogP contribution in [0.25, 0.3) is 0 Å². The van der Waals surface area contributed by atoms with Gasteiger partial charge in [-0.1, -0.05) is 74.3 Å². The lowest BCUT2D eigenvalue weighted by molar-refractivity contribution is 0.217. The molecule has 1 unspecified atom stereocenters. The zero-order valence-corrected chi connectivity index (χ0v) is 23.6. The van der Waals surface area contributed by atoms with Crippen molar-refractivity contribution in [2.75, 3.05) is 37.7 Å². The molecule has 0 amide bonds. The number of anilines is 1. The van der Waals surface area contributed by atoms with Gasteiger partial charge in [0, 0.05) is 18.8 Å². The van der Waals surface area contributed by atoms with Crippen molar-refractivity contribution in [1.29, 1.82) is 0 Å². The van der Waals surface area contributed by atoms with Gasteiger partial charge in [-0.05, 0) is 84.2 Å². The van der Waals surface area contributed by atoms with E-state index in [2.05, 4.69) is 56.0 Å². The van der Waals surface area contributed by atoms with E-state index in [0.717, 1.165) is 31.7 Å². The molecule has 4 rings (SSSR count). The molecule has 0 saturated heterocycles. The number of para-hydroxylation sites is 1. The fourth-order valence-corrected chi connectivity index (χ4v) is 5.35. The van der Waals surface area contributed by atoms with E-state index in [1.807, 2.05) is 12.1 Å². The molecular weight excluding hydrogens is 503 g/mol. The highest BCUT2D eigenvalue weighted by Crippen LogP contribution is 2.34. The highest BCUT2D eigenvalue weighted by atomic mass is 35.5. The normalized spacial score (nSPS) is 14.3. The summed E-state index contributed by atoms with van der Waals surface area (Å²) < 4.78 is 11.5. The first kappa shape index (κ1) is 27.6. The van der Waals surface area contributed by atoms with E-state index >= 15 is 0 Å². The fourth-order valence-electron chi connectivity index (χ4n) is 4.84. The Balaban J connectivity index is 1.29. The van der Waals surface area contributed by atoms with Gasteiger partial charge in [0.05, 0.1) is 10.0 Å². The number of benzene rings is 3. The molecule has 198 valence electrons. The third-order valence-electron chi connectivity index (χ3n) is 6.94. The SMILES string of the molecule is CC(C)(C)c1ccc2c(c1)CCCN2CC(CN)Cc1ccc(OCCOc2c(Cl)cccc2Cl)cc1. The molecule has 0 fully saturated rings. The molecule has 0 bridgehead atoms. The molecular formula is C31H38Cl2N2O2. The Hall–Kier alpha value is -2.40. The number of hydrogen-bond donors (Lipinski definition) is 1. The van der Waals surface area contributed by atoms with E-state index in [1.54, 1.807) is 18.2 Å². The molecule has 1 aliphatic rings. The molecule has 3 aromatic rings. The highest BCUT2D eigenvalue weighted by molar-refractivity contribution is 6.37. The minimum Gasteiger partial charge on any atom is -0.490 e. The first-order valence-electron chi connectivity index (χ1n) is 13.1. The van der Waals surface area contributed by atoms with Gasteiger partial charge < -0.3 is 20.1 Å². The standard InChI is InChI=1S/C31H38Cl2N2O2/c1-31(2,3)25-11-14-29-24(19-25)6-5-15-35(29)21-23(20-34)18-22-9-12-26(13-10-22)36-16-17-37-30-27(32)7-4-8-28(30)33/h4,7-14,19,23H,5-6,15-18,20-21,34H2,1-3H3. The Morgan fingerprint density at radius 3 is 2.32 bits per heavy atom. The molecule has 1 atom stereocenters. The molecule has 0 saturated carbocycles. The second-order valence-corrected chi connectivity index (χ2v) is 11.7. The van der Waals surface area contributed by atoms with Crippen LogP contribution in [0.15, 0.2) is 60.7 Å². The van der Waals surface area contributed by atoms with Gasteiger partial charge in [-0.3, -0.25) is 0 Å². The summed E-state index contributed by atoms with van der Waals surface area (Å²) in [5.74, 6) is 1.68. The molecule has 0 spiro atoms. The summed E-state index contributed by atoms with van der Waals surface area (Å²) in [5, 5.41) is 0.989. The number of nitrogens with zero attached hydrogens (tertiary/aromatic N) is 1. The van der Waals surface area contributed by atoms with Crippen LogP contribution in [0.4, 0.5) is 5.69 Å². The topological polar surface area (TPSA) is 47.7 Å². The summed E-state index contributed by atoms with van der Waals surface area (Å²) >= 11 is 12.3. The van der Waals surface area contributed by atoms with Crippen LogP contribution in [0.5, 0.6) is 11.5 Å². The maximum atomic E-state index is 6.24. The number of hydrogen-bond acceptors (Lipinski definition) is 4. The van der Waals surface area contributed by atoms with Gasteiger partial charge in [0.1, 0.15) is 19.0 Å². The summed E-state index contributed by atoms with van der Waals surface area (Å²) in [4.78, 5) is 2.53. The highest BCUT2D eigenvalue weighted by Gasteiger charge is 2.23. The lowest BCUT2D eigenvalue weighted by Crippen LogP contribution is -2.37. The Kier molecular flexibility index (Phi) is 9.28. The van der Waals surface area contributed by atoms with Crippen LogP contribution in [0.1, 0.15) is 43.9 Å².